The first-order chi connectivity index (χ1) is 11.5. The summed E-state index contributed by atoms with van der Waals surface area (Å²) in [5.41, 5.74) is 2.00. The number of anilines is 1. The highest BCUT2D eigenvalue weighted by atomic mass is 35.5. The number of nitrogens with zero attached hydrogens (tertiary/aromatic N) is 2. The molecule has 4 nitrogen and oxygen atoms in total. The third-order valence-corrected chi connectivity index (χ3v) is 5.52. The van der Waals surface area contributed by atoms with Crippen LogP contribution in [0, 0.1) is 23.2 Å². The van der Waals surface area contributed by atoms with Crippen molar-refractivity contribution in [1.29, 1.82) is 0 Å². The van der Waals surface area contributed by atoms with Crippen LogP contribution < -0.4 is 4.90 Å². The number of aromatic nitrogens is 1. The van der Waals surface area contributed by atoms with Gasteiger partial charge in [-0.2, -0.15) is 0 Å². The maximum absolute atomic E-state index is 9.55. The third-order valence-electron chi connectivity index (χ3n) is 5.31. The molecule has 1 N–H and O–H groups in total. The average molecular weight is 349 g/mol. The van der Waals surface area contributed by atoms with Gasteiger partial charge in [0.05, 0.1) is 17.4 Å². The standard InChI is InChI=1S/C19H25ClN2O2/c1-14-15(5-10-24-14)3-4-16-12-21-18(20)11-17(16)22-8-6-19(2,13-23)7-9-22/h11-12,14-15,23H,5-10,13H2,1-2H3. The minimum atomic E-state index is 0.0236. The first kappa shape index (κ1) is 17.5. The minimum Gasteiger partial charge on any atom is -0.396 e. The van der Waals surface area contributed by atoms with Crippen molar-refractivity contribution >= 4 is 17.3 Å². The predicted octanol–water partition coefficient (Wildman–Crippen LogP) is 3.11. The van der Waals surface area contributed by atoms with Gasteiger partial charge < -0.3 is 14.7 Å². The second kappa shape index (κ2) is 7.31. The van der Waals surface area contributed by atoms with Crippen molar-refractivity contribution in [2.45, 2.75) is 39.2 Å². The van der Waals surface area contributed by atoms with E-state index in [1.807, 2.05) is 6.07 Å². The van der Waals surface area contributed by atoms with E-state index in [9.17, 15) is 5.11 Å². The van der Waals surface area contributed by atoms with Gasteiger partial charge in [-0.15, -0.1) is 0 Å². The smallest absolute Gasteiger partial charge is 0.131 e. The van der Waals surface area contributed by atoms with Crippen LogP contribution in [0.4, 0.5) is 5.69 Å². The van der Waals surface area contributed by atoms with Crippen LogP contribution in [0.2, 0.25) is 5.15 Å². The van der Waals surface area contributed by atoms with E-state index in [2.05, 4.69) is 35.6 Å². The van der Waals surface area contributed by atoms with Crippen LogP contribution in [0.1, 0.15) is 38.7 Å². The predicted molar refractivity (Wildman–Crippen MR) is 96.3 cm³/mol. The van der Waals surface area contributed by atoms with E-state index in [0.717, 1.165) is 50.2 Å². The third kappa shape index (κ3) is 3.85. The van der Waals surface area contributed by atoms with Crippen molar-refractivity contribution < 1.29 is 9.84 Å². The fourth-order valence-corrected chi connectivity index (χ4v) is 3.47. The van der Waals surface area contributed by atoms with Crippen molar-refractivity contribution in [1.82, 2.24) is 4.98 Å². The van der Waals surface area contributed by atoms with Crippen molar-refractivity contribution in [2.75, 3.05) is 31.2 Å². The van der Waals surface area contributed by atoms with E-state index in [-0.39, 0.29) is 24.0 Å². The Morgan fingerprint density at radius 2 is 2.21 bits per heavy atom. The van der Waals surface area contributed by atoms with Gasteiger partial charge in [-0.3, -0.25) is 0 Å². The molecule has 2 fully saturated rings. The van der Waals surface area contributed by atoms with Gasteiger partial charge in [0, 0.05) is 44.5 Å². The van der Waals surface area contributed by atoms with E-state index in [1.54, 1.807) is 6.20 Å². The SMILES string of the molecule is CC1OCCC1C#Cc1cnc(Cl)cc1N1CCC(C)(CO)CC1. The zero-order chi connectivity index (χ0) is 17.2. The Labute approximate surface area is 149 Å². The lowest BCUT2D eigenvalue weighted by molar-refractivity contribution is 0.115. The number of aliphatic hydroxyl groups is 1. The monoisotopic (exact) mass is 348 g/mol. The highest BCUT2D eigenvalue weighted by Gasteiger charge is 2.30. The summed E-state index contributed by atoms with van der Waals surface area (Å²) in [6.45, 7) is 7.05. The van der Waals surface area contributed by atoms with Gasteiger partial charge in [0.25, 0.3) is 0 Å². The molecule has 24 heavy (non-hydrogen) atoms. The molecule has 2 unspecified atom stereocenters. The van der Waals surface area contributed by atoms with Gasteiger partial charge in [0.2, 0.25) is 0 Å². The molecular weight excluding hydrogens is 324 g/mol. The number of piperidine rings is 1. The molecule has 0 spiro atoms. The second-order valence-corrected chi connectivity index (χ2v) is 7.61. The van der Waals surface area contributed by atoms with Gasteiger partial charge >= 0.3 is 0 Å². The summed E-state index contributed by atoms with van der Waals surface area (Å²) in [6, 6.07) is 1.90. The van der Waals surface area contributed by atoms with Crippen LogP contribution in [0.5, 0.6) is 0 Å². The fourth-order valence-electron chi connectivity index (χ4n) is 3.32. The van der Waals surface area contributed by atoms with Crippen LogP contribution in [0.15, 0.2) is 12.3 Å². The Bertz CT molecular complexity index is 645. The molecule has 0 saturated carbocycles. The molecule has 3 rings (SSSR count). The molecule has 2 aliphatic rings. The zero-order valence-corrected chi connectivity index (χ0v) is 15.1. The van der Waals surface area contributed by atoms with Crippen LogP contribution in [0.25, 0.3) is 0 Å². The highest BCUT2D eigenvalue weighted by Crippen LogP contribution is 2.34. The van der Waals surface area contributed by atoms with E-state index >= 15 is 0 Å². The minimum absolute atomic E-state index is 0.0236. The molecule has 0 bridgehead atoms. The zero-order valence-electron chi connectivity index (χ0n) is 14.4. The van der Waals surface area contributed by atoms with Crippen molar-refractivity contribution in [3.8, 4) is 11.8 Å². The van der Waals surface area contributed by atoms with Crippen molar-refractivity contribution in [2.24, 2.45) is 11.3 Å². The normalized spacial score (nSPS) is 26.1. The maximum atomic E-state index is 9.55. The molecule has 0 amide bonds. The average Bonchev–Trinajstić information content (AvgIpc) is 2.99. The Kier molecular flexibility index (Phi) is 5.34. The van der Waals surface area contributed by atoms with Crippen LogP contribution in [-0.2, 0) is 4.74 Å². The Balaban J connectivity index is 1.81. The lowest BCUT2D eigenvalue weighted by Gasteiger charge is -2.39. The van der Waals surface area contributed by atoms with E-state index < -0.39 is 0 Å². The lowest BCUT2D eigenvalue weighted by atomic mass is 9.81. The van der Waals surface area contributed by atoms with E-state index in [1.165, 1.54) is 0 Å². The topological polar surface area (TPSA) is 45.6 Å². The molecule has 0 radical (unpaired) electrons. The molecule has 2 aliphatic heterocycles. The number of ether oxygens (including phenoxy) is 1. The van der Waals surface area contributed by atoms with Crippen molar-refractivity contribution in [3.05, 3.63) is 23.0 Å². The molecule has 1 aromatic heterocycles. The summed E-state index contributed by atoms with van der Waals surface area (Å²) in [5.74, 6) is 6.94. The number of rotatable bonds is 2. The molecule has 0 aliphatic carbocycles. The Hall–Kier alpha value is -1.28. The van der Waals surface area contributed by atoms with Gasteiger partial charge in [-0.05, 0) is 31.6 Å². The molecular formula is C19H25ClN2O2. The summed E-state index contributed by atoms with van der Waals surface area (Å²) in [4.78, 5) is 6.52. The second-order valence-electron chi connectivity index (χ2n) is 7.22. The molecule has 0 aromatic carbocycles. The van der Waals surface area contributed by atoms with Gasteiger partial charge in [0.1, 0.15) is 5.15 Å². The lowest BCUT2D eigenvalue weighted by Crippen LogP contribution is -2.40. The quantitative estimate of drug-likeness (QED) is 0.659. The molecule has 2 saturated heterocycles. The van der Waals surface area contributed by atoms with Crippen LogP contribution in [-0.4, -0.2) is 42.5 Å². The van der Waals surface area contributed by atoms with E-state index in [4.69, 9.17) is 16.3 Å². The number of pyridine rings is 1. The molecule has 2 atom stereocenters. The summed E-state index contributed by atoms with van der Waals surface area (Å²) in [5, 5.41) is 10.0. The van der Waals surface area contributed by atoms with Crippen LogP contribution >= 0.6 is 11.6 Å². The van der Waals surface area contributed by atoms with Crippen LogP contribution in [0.3, 0.4) is 0 Å². The Morgan fingerprint density at radius 1 is 1.46 bits per heavy atom. The molecule has 1 aromatic rings. The summed E-state index contributed by atoms with van der Waals surface area (Å²) in [7, 11) is 0. The largest absolute Gasteiger partial charge is 0.396 e. The molecule has 5 heteroatoms. The number of hydrogen-bond acceptors (Lipinski definition) is 4. The van der Waals surface area contributed by atoms with E-state index in [0.29, 0.717) is 5.15 Å². The Morgan fingerprint density at radius 3 is 2.83 bits per heavy atom. The number of aliphatic hydroxyl groups excluding tert-OH is 1. The first-order valence-electron chi connectivity index (χ1n) is 8.65. The molecule has 3 heterocycles. The van der Waals surface area contributed by atoms with Gasteiger partial charge in [-0.25, -0.2) is 4.98 Å². The van der Waals surface area contributed by atoms with Crippen molar-refractivity contribution in [3.63, 3.8) is 0 Å². The van der Waals surface area contributed by atoms with Gasteiger partial charge in [-0.1, -0.05) is 30.4 Å². The summed E-state index contributed by atoms with van der Waals surface area (Å²) < 4.78 is 5.58. The maximum Gasteiger partial charge on any atom is 0.131 e. The summed E-state index contributed by atoms with van der Waals surface area (Å²) in [6.07, 6.45) is 4.88. The fraction of sp³-hybridized carbons (Fsp3) is 0.632. The number of hydrogen-bond donors (Lipinski definition) is 1. The van der Waals surface area contributed by atoms with Gasteiger partial charge in [0.15, 0.2) is 0 Å². The number of halogens is 1. The summed E-state index contributed by atoms with van der Waals surface area (Å²) >= 11 is 6.12. The molecule has 130 valence electrons. The first-order valence-corrected chi connectivity index (χ1v) is 9.03. The highest BCUT2D eigenvalue weighted by molar-refractivity contribution is 6.29.